The number of benzene rings is 3. The molecule has 2 aliphatic rings. The van der Waals surface area contributed by atoms with Crippen molar-refractivity contribution in [2.75, 3.05) is 13.2 Å². The Balaban J connectivity index is 1.52. The van der Waals surface area contributed by atoms with E-state index in [-0.39, 0.29) is 24.7 Å². The van der Waals surface area contributed by atoms with Crippen LogP contribution in [0, 0.1) is 5.92 Å². The zero-order chi connectivity index (χ0) is 23.6. The summed E-state index contributed by atoms with van der Waals surface area (Å²) in [6.45, 7) is 4.16. The first-order valence-corrected chi connectivity index (χ1v) is 12.0. The molecule has 5 heteroatoms. The van der Waals surface area contributed by atoms with Gasteiger partial charge in [-0.15, -0.1) is 0 Å². The number of ether oxygens (including phenoxy) is 4. The van der Waals surface area contributed by atoms with Crippen molar-refractivity contribution in [2.24, 2.45) is 5.92 Å². The highest BCUT2D eigenvalue weighted by atomic mass is 16.8. The maximum Gasteiger partial charge on any atom is 0.187 e. The molecule has 34 heavy (non-hydrogen) atoms. The Kier molecular flexibility index (Phi) is 6.56. The molecule has 3 aromatic carbocycles. The molecule has 2 saturated heterocycles. The zero-order valence-corrected chi connectivity index (χ0v) is 19.7. The predicted octanol–water partition coefficient (Wildman–Crippen LogP) is 4.87. The first kappa shape index (κ1) is 23.2. The van der Waals surface area contributed by atoms with Gasteiger partial charge in [0.25, 0.3) is 0 Å². The number of fused-ring (bicyclic) bond motifs is 1. The van der Waals surface area contributed by atoms with Crippen molar-refractivity contribution in [3.05, 3.63) is 108 Å². The van der Waals surface area contributed by atoms with Crippen molar-refractivity contribution < 1.29 is 24.1 Å². The number of hydrogen-bond acceptors (Lipinski definition) is 5. The van der Waals surface area contributed by atoms with Crippen LogP contribution in [0.5, 0.6) is 0 Å². The van der Waals surface area contributed by atoms with E-state index < -0.39 is 17.7 Å². The fourth-order valence-corrected chi connectivity index (χ4v) is 5.27. The van der Waals surface area contributed by atoms with Crippen LogP contribution in [0.4, 0.5) is 0 Å². The highest BCUT2D eigenvalue weighted by Gasteiger charge is 2.54. The lowest BCUT2D eigenvalue weighted by molar-refractivity contribution is -0.218. The number of aliphatic hydroxyl groups excluding tert-OH is 1. The van der Waals surface area contributed by atoms with E-state index >= 15 is 0 Å². The molecule has 2 heterocycles. The summed E-state index contributed by atoms with van der Waals surface area (Å²) in [5.41, 5.74) is 2.30. The van der Waals surface area contributed by atoms with Crippen LogP contribution < -0.4 is 0 Å². The van der Waals surface area contributed by atoms with Gasteiger partial charge in [0.05, 0.1) is 12.7 Å². The fourth-order valence-electron chi connectivity index (χ4n) is 5.27. The number of rotatable bonds is 8. The smallest absolute Gasteiger partial charge is 0.187 e. The Hall–Kier alpha value is -2.54. The van der Waals surface area contributed by atoms with Gasteiger partial charge in [-0.3, -0.25) is 0 Å². The Morgan fingerprint density at radius 2 is 1.29 bits per heavy atom. The molecule has 2 fully saturated rings. The Morgan fingerprint density at radius 1 is 0.794 bits per heavy atom. The van der Waals surface area contributed by atoms with Gasteiger partial charge in [0, 0.05) is 12.5 Å². The third kappa shape index (κ3) is 4.30. The van der Waals surface area contributed by atoms with Crippen molar-refractivity contribution in [1.29, 1.82) is 0 Å². The maximum absolute atomic E-state index is 9.76. The van der Waals surface area contributed by atoms with Gasteiger partial charge < -0.3 is 24.1 Å². The van der Waals surface area contributed by atoms with Crippen molar-refractivity contribution in [1.82, 2.24) is 0 Å². The minimum atomic E-state index is -0.824. The molecule has 0 spiro atoms. The molecule has 0 amide bonds. The SMILES string of the molecule is CC1(C)OC2[C@H](O[C@H](COC(c3ccccc3)(c3ccccc3)c3ccccc3)[C@@H]2CCO)O1. The molecule has 1 unspecified atom stereocenters. The van der Waals surface area contributed by atoms with Crippen LogP contribution in [-0.4, -0.2) is 42.6 Å². The Morgan fingerprint density at radius 3 is 1.76 bits per heavy atom. The molecule has 5 nitrogen and oxygen atoms in total. The molecule has 1 N–H and O–H groups in total. The summed E-state index contributed by atoms with van der Waals surface area (Å²) in [6, 6.07) is 30.9. The van der Waals surface area contributed by atoms with Gasteiger partial charge in [-0.05, 0) is 37.0 Å². The molecule has 178 valence electrons. The maximum atomic E-state index is 9.76. The quantitative estimate of drug-likeness (QED) is 0.486. The molecule has 5 rings (SSSR count). The van der Waals surface area contributed by atoms with Crippen molar-refractivity contribution in [2.45, 2.75) is 50.2 Å². The van der Waals surface area contributed by atoms with E-state index in [0.29, 0.717) is 13.0 Å². The van der Waals surface area contributed by atoms with Crippen LogP contribution in [-0.2, 0) is 24.5 Å². The summed E-state index contributed by atoms with van der Waals surface area (Å²) in [4.78, 5) is 0. The van der Waals surface area contributed by atoms with E-state index in [9.17, 15) is 5.11 Å². The van der Waals surface area contributed by atoms with Crippen molar-refractivity contribution in [3.8, 4) is 0 Å². The average molecular weight is 461 g/mol. The normalized spacial score (nSPS) is 25.9. The molecule has 0 saturated carbocycles. The second-order valence-electron chi connectivity index (χ2n) is 9.41. The van der Waals surface area contributed by atoms with Gasteiger partial charge in [-0.1, -0.05) is 91.0 Å². The first-order valence-electron chi connectivity index (χ1n) is 12.0. The van der Waals surface area contributed by atoms with Gasteiger partial charge >= 0.3 is 0 Å². The molecule has 0 radical (unpaired) electrons. The van der Waals surface area contributed by atoms with E-state index in [1.165, 1.54) is 0 Å². The summed E-state index contributed by atoms with van der Waals surface area (Å²) >= 11 is 0. The van der Waals surface area contributed by atoms with Gasteiger partial charge in [-0.2, -0.15) is 0 Å². The molecule has 3 aromatic rings. The first-order chi connectivity index (χ1) is 16.5. The van der Waals surface area contributed by atoms with E-state index in [1.807, 2.05) is 68.4 Å². The Labute approximate surface area is 201 Å². The van der Waals surface area contributed by atoms with Crippen molar-refractivity contribution >= 4 is 0 Å². The fraction of sp³-hybridized carbons (Fsp3) is 0.379. The van der Waals surface area contributed by atoms with Gasteiger partial charge in [-0.25, -0.2) is 0 Å². The summed E-state index contributed by atoms with van der Waals surface area (Å²) in [5.74, 6) is -0.728. The third-order valence-electron chi connectivity index (χ3n) is 6.76. The lowest BCUT2D eigenvalue weighted by atomic mass is 9.80. The molecule has 2 aliphatic heterocycles. The minimum absolute atomic E-state index is 0.0307. The third-order valence-corrected chi connectivity index (χ3v) is 6.76. The molecule has 0 aromatic heterocycles. The van der Waals surface area contributed by atoms with Gasteiger partial charge in [0.15, 0.2) is 12.1 Å². The van der Waals surface area contributed by atoms with Crippen LogP contribution >= 0.6 is 0 Å². The predicted molar refractivity (Wildman–Crippen MR) is 129 cm³/mol. The second-order valence-corrected chi connectivity index (χ2v) is 9.41. The van der Waals surface area contributed by atoms with Crippen LogP contribution in [0.25, 0.3) is 0 Å². The molecule has 4 atom stereocenters. The van der Waals surface area contributed by atoms with E-state index in [4.69, 9.17) is 18.9 Å². The summed E-state index contributed by atoms with van der Waals surface area (Å²) < 4.78 is 25.4. The molecular weight excluding hydrogens is 428 g/mol. The summed E-state index contributed by atoms with van der Waals surface area (Å²) in [5, 5.41) is 9.76. The van der Waals surface area contributed by atoms with Crippen LogP contribution in [0.15, 0.2) is 91.0 Å². The van der Waals surface area contributed by atoms with Crippen LogP contribution in [0.1, 0.15) is 37.0 Å². The highest BCUT2D eigenvalue weighted by Crippen LogP contribution is 2.45. The van der Waals surface area contributed by atoms with E-state index in [2.05, 4.69) is 36.4 Å². The Bertz CT molecular complexity index is 957. The average Bonchev–Trinajstić information content (AvgIpc) is 3.33. The summed E-state index contributed by atoms with van der Waals surface area (Å²) in [7, 11) is 0. The van der Waals surface area contributed by atoms with Gasteiger partial charge in [0.1, 0.15) is 11.7 Å². The summed E-state index contributed by atoms with van der Waals surface area (Å²) in [6.07, 6.45) is -0.396. The van der Waals surface area contributed by atoms with Gasteiger partial charge in [0.2, 0.25) is 0 Å². The molecule has 0 aliphatic carbocycles. The lowest BCUT2D eigenvalue weighted by Crippen LogP contribution is -2.39. The van der Waals surface area contributed by atoms with Crippen LogP contribution in [0.2, 0.25) is 0 Å². The molecular formula is C29H32O5. The number of hydrogen-bond donors (Lipinski definition) is 1. The largest absolute Gasteiger partial charge is 0.396 e. The monoisotopic (exact) mass is 460 g/mol. The second kappa shape index (κ2) is 9.61. The lowest BCUT2D eigenvalue weighted by Gasteiger charge is -2.37. The van der Waals surface area contributed by atoms with E-state index in [0.717, 1.165) is 16.7 Å². The topological polar surface area (TPSA) is 57.2 Å². The minimum Gasteiger partial charge on any atom is -0.396 e. The highest BCUT2D eigenvalue weighted by molar-refractivity contribution is 5.47. The van der Waals surface area contributed by atoms with Crippen molar-refractivity contribution in [3.63, 3.8) is 0 Å². The van der Waals surface area contributed by atoms with Crippen LogP contribution in [0.3, 0.4) is 0 Å². The van der Waals surface area contributed by atoms with E-state index in [1.54, 1.807) is 0 Å². The molecule has 0 bridgehead atoms. The zero-order valence-electron chi connectivity index (χ0n) is 19.7. The standard InChI is InChI=1S/C29H32O5/c1-28(2)33-26-24(18-19-30)25(32-27(26)34-28)20-31-29(21-12-6-3-7-13-21,22-14-8-4-9-15-22)23-16-10-5-11-17-23/h3-17,24-27,30H,18-20H2,1-2H3/t24-,25+,26?,27+/m0/s1. The number of aliphatic hydroxyl groups is 1.